The Morgan fingerprint density at radius 1 is 1.04 bits per heavy atom. The summed E-state index contributed by atoms with van der Waals surface area (Å²) in [5.41, 5.74) is 4.19. The molecule has 1 heterocycles. The number of para-hydroxylation sites is 1. The number of aryl methyl sites for hydroxylation is 1. The second-order valence-corrected chi connectivity index (χ2v) is 6.48. The van der Waals surface area contributed by atoms with Crippen molar-refractivity contribution in [3.05, 3.63) is 65.2 Å². The predicted molar refractivity (Wildman–Crippen MR) is 101 cm³/mol. The molecule has 0 spiro atoms. The summed E-state index contributed by atoms with van der Waals surface area (Å²) in [5.74, 6) is -0.301. The van der Waals surface area contributed by atoms with Gasteiger partial charge in [-0.25, -0.2) is 0 Å². The van der Waals surface area contributed by atoms with Crippen LogP contribution in [-0.4, -0.2) is 25.0 Å². The lowest BCUT2D eigenvalue weighted by Crippen LogP contribution is -2.32. The fourth-order valence-corrected chi connectivity index (χ4v) is 3.09. The number of nitrogens with one attached hydrogen (secondary N) is 2. The summed E-state index contributed by atoms with van der Waals surface area (Å²) in [5, 5.41) is 5.72. The van der Waals surface area contributed by atoms with Crippen molar-refractivity contribution in [2.75, 3.05) is 18.5 Å². The molecule has 3 rings (SSSR count). The van der Waals surface area contributed by atoms with E-state index in [2.05, 4.69) is 16.7 Å². The summed E-state index contributed by atoms with van der Waals surface area (Å²) >= 11 is 0. The molecule has 1 aliphatic rings. The smallest absolute Gasteiger partial charge is 0.224 e. The molecule has 0 bridgehead atoms. The Hall–Kier alpha value is -2.66. The van der Waals surface area contributed by atoms with E-state index in [-0.39, 0.29) is 30.8 Å². The van der Waals surface area contributed by atoms with Gasteiger partial charge < -0.3 is 15.4 Å². The molecule has 5 heteroatoms. The summed E-state index contributed by atoms with van der Waals surface area (Å²) < 4.78 is 5.78. The zero-order valence-electron chi connectivity index (χ0n) is 15.0. The molecule has 0 saturated carbocycles. The molecule has 0 aromatic heterocycles. The maximum absolute atomic E-state index is 12.1. The van der Waals surface area contributed by atoms with Crippen molar-refractivity contribution < 1.29 is 14.3 Å². The summed E-state index contributed by atoms with van der Waals surface area (Å²) in [4.78, 5) is 24.1. The predicted octanol–water partition coefficient (Wildman–Crippen LogP) is 3.14. The number of hydrogen-bond acceptors (Lipinski definition) is 3. The highest BCUT2D eigenvalue weighted by atomic mass is 16.5. The normalized spacial score (nSPS) is 15.8. The molecule has 0 fully saturated rings. The molecule has 2 N–H and O–H groups in total. The number of anilines is 1. The Labute approximate surface area is 153 Å². The second kappa shape index (κ2) is 8.63. The van der Waals surface area contributed by atoms with E-state index >= 15 is 0 Å². The van der Waals surface area contributed by atoms with E-state index in [9.17, 15) is 9.59 Å². The summed E-state index contributed by atoms with van der Waals surface area (Å²) in [6.07, 6.45) is 1.10. The molecule has 0 saturated heterocycles. The number of rotatable bonds is 6. The van der Waals surface area contributed by atoms with Gasteiger partial charge in [-0.1, -0.05) is 42.5 Å². The van der Waals surface area contributed by atoms with E-state index in [1.165, 1.54) is 5.56 Å². The maximum atomic E-state index is 12.1. The van der Waals surface area contributed by atoms with Crippen LogP contribution >= 0.6 is 0 Å². The minimum absolute atomic E-state index is 0.121. The van der Waals surface area contributed by atoms with Crippen LogP contribution in [-0.2, 0) is 20.7 Å². The van der Waals surface area contributed by atoms with E-state index in [1.807, 2.05) is 49.4 Å². The lowest BCUT2D eigenvalue weighted by molar-refractivity contribution is -0.124. The molecule has 5 nitrogen and oxygen atoms in total. The fourth-order valence-electron chi connectivity index (χ4n) is 3.09. The van der Waals surface area contributed by atoms with Gasteiger partial charge >= 0.3 is 0 Å². The van der Waals surface area contributed by atoms with E-state index in [1.54, 1.807) is 0 Å². The topological polar surface area (TPSA) is 67.4 Å². The monoisotopic (exact) mass is 352 g/mol. The van der Waals surface area contributed by atoms with Gasteiger partial charge in [0.2, 0.25) is 11.8 Å². The third kappa shape index (κ3) is 4.70. The van der Waals surface area contributed by atoms with Crippen LogP contribution in [0.25, 0.3) is 0 Å². The molecule has 2 aromatic rings. The maximum Gasteiger partial charge on any atom is 0.224 e. The van der Waals surface area contributed by atoms with E-state index < -0.39 is 0 Å². The van der Waals surface area contributed by atoms with Crippen LogP contribution in [0, 0.1) is 6.92 Å². The van der Waals surface area contributed by atoms with Crippen molar-refractivity contribution in [2.24, 2.45) is 0 Å². The molecule has 26 heavy (non-hydrogen) atoms. The molecule has 2 aromatic carbocycles. The van der Waals surface area contributed by atoms with Crippen LogP contribution in [0.15, 0.2) is 48.5 Å². The standard InChI is InChI=1S/C21H24N2O3/c1-15-6-2-5-9-18(15)23-21(25)11-10-20(24)22-14-19-17-8-4-3-7-16(17)12-13-26-19/h2-9,19H,10-14H2,1H3,(H,22,24)(H,23,25). The van der Waals surface area contributed by atoms with Crippen molar-refractivity contribution in [2.45, 2.75) is 32.3 Å². The fraction of sp³-hybridized carbons (Fsp3) is 0.333. The van der Waals surface area contributed by atoms with Crippen LogP contribution in [0.1, 0.15) is 35.6 Å². The molecule has 1 unspecified atom stereocenters. The average molecular weight is 352 g/mol. The Morgan fingerprint density at radius 2 is 1.77 bits per heavy atom. The van der Waals surface area contributed by atoms with Crippen molar-refractivity contribution in [3.63, 3.8) is 0 Å². The Balaban J connectivity index is 1.44. The summed E-state index contributed by atoms with van der Waals surface area (Å²) in [6, 6.07) is 15.7. The van der Waals surface area contributed by atoms with Gasteiger partial charge in [0.15, 0.2) is 0 Å². The van der Waals surface area contributed by atoms with E-state index in [0.29, 0.717) is 13.2 Å². The van der Waals surface area contributed by atoms with Crippen LogP contribution in [0.3, 0.4) is 0 Å². The van der Waals surface area contributed by atoms with Gasteiger partial charge in [-0.05, 0) is 36.1 Å². The van der Waals surface area contributed by atoms with Gasteiger partial charge in [0.1, 0.15) is 6.10 Å². The van der Waals surface area contributed by atoms with Gasteiger partial charge in [-0.2, -0.15) is 0 Å². The zero-order chi connectivity index (χ0) is 18.4. The van der Waals surface area contributed by atoms with Crippen LogP contribution < -0.4 is 10.6 Å². The number of benzene rings is 2. The number of carbonyl (C=O) groups excluding carboxylic acids is 2. The van der Waals surface area contributed by atoms with E-state index in [4.69, 9.17) is 4.74 Å². The number of carbonyl (C=O) groups is 2. The molecule has 0 radical (unpaired) electrons. The van der Waals surface area contributed by atoms with Gasteiger partial charge in [-0.3, -0.25) is 9.59 Å². The minimum atomic E-state index is -0.159. The Bertz CT molecular complexity index is 788. The summed E-state index contributed by atoms with van der Waals surface area (Å²) in [7, 11) is 0. The molecular formula is C21H24N2O3. The van der Waals surface area contributed by atoms with Gasteiger partial charge in [0.25, 0.3) is 0 Å². The van der Waals surface area contributed by atoms with Crippen molar-refractivity contribution >= 4 is 17.5 Å². The lowest BCUT2D eigenvalue weighted by atomic mass is 9.97. The van der Waals surface area contributed by atoms with Crippen LogP contribution in [0.2, 0.25) is 0 Å². The highest BCUT2D eigenvalue weighted by Gasteiger charge is 2.20. The number of ether oxygens (including phenoxy) is 1. The van der Waals surface area contributed by atoms with Crippen LogP contribution in [0.4, 0.5) is 5.69 Å². The first kappa shape index (κ1) is 18.1. The SMILES string of the molecule is Cc1ccccc1NC(=O)CCC(=O)NCC1OCCc2ccccc21. The number of fused-ring (bicyclic) bond motifs is 1. The minimum Gasteiger partial charge on any atom is -0.371 e. The lowest BCUT2D eigenvalue weighted by Gasteiger charge is -2.26. The number of amides is 2. The Kier molecular flexibility index (Phi) is 6.02. The van der Waals surface area contributed by atoms with E-state index in [0.717, 1.165) is 23.2 Å². The quantitative estimate of drug-likeness (QED) is 0.839. The molecule has 0 aliphatic carbocycles. The second-order valence-electron chi connectivity index (χ2n) is 6.48. The third-order valence-corrected chi connectivity index (χ3v) is 4.58. The van der Waals surface area contributed by atoms with Crippen LogP contribution in [0.5, 0.6) is 0 Å². The number of hydrogen-bond donors (Lipinski definition) is 2. The highest BCUT2D eigenvalue weighted by molar-refractivity contribution is 5.93. The average Bonchev–Trinajstić information content (AvgIpc) is 2.66. The van der Waals surface area contributed by atoms with Crippen molar-refractivity contribution in [1.29, 1.82) is 0 Å². The molecule has 1 aliphatic heterocycles. The highest BCUT2D eigenvalue weighted by Crippen LogP contribution is 2.26. The van der Waals surface area contributed by atoms with Gasteiger partial charge in [0.05, 0.1) is 6.61 Å². The first-order chi connectivity index (χ1) is 12.6. The first-order valence-electron chi connectivity index (χ1n) is 8.95. The van der Waals surface area contributed by atoms with Gasteiger partial charge in [-0.15, -0.1) is 0 Å². The third-order valence-electron chi connectivity index (χ3n) is 4.58. The van der Waals surface area contributed by atoms with Gasteiger partial charge in [0, 0.05) is 25.1 Å². The molecular weight excluding hydrogens is 328 g/mol. The van der Waals surface area contributed by atoms with Crippen molar-refractivity contribution in [3.8, 4) is 0 Å². The zero-order valence-corrected chi connectivity index (χ0v) is 15.0. The molecule has 2 amide bonds. The summed E-state index contributed by atoms with van der Waals surface area (Å²) in [6.45, 7) is 3.02. The molecule has 136 valence electrons. The largest absolute Gasteiger partial charge is 0.371 e. The first-order valence-corrected chi connectivity index (χ1v) is 8.95. The van der Waals surface area contributed by atoms with Crippen molar-refractivity contribution in [1.82, 2.24) is 5.32 Å². The molecule has 1 atom stereocenters. The Morgan fingerprint density at radius 3 is 2.62 bits per heavy atom.